The summed E-state index contributed by atoms with van der Waals surface area (Å²) in [5.41, 5.74) is 0. The Bertz CT molecular complexity index is 139. The fourth-order valence-corrected chi connectivity index (χ4v) is 1.33. The molecule has 0 aromatic rings. The largest absolute Gasteiger partial charge is 0.457 e. The van der Waals surface area contributed by atoms with Gasteiger partial charge < -0.3 is 14.2 Å². The van der Waals surface area contributed by atoms with Crippen molar-refractivity contribution in [2.45, 2.75) is 38.5 Å². The fourth-order valence-electron chi connectivity index (χ4n) is 1.33. The van der Waals surface area contributed by atoms with Gasteiger partial charge in [-0.3, -0.25) is 0 Å². The van der Waals surface area contributed by atoms with Crippen LogP contribution >= 0.6 is 0 Å². The molecule has 0 N–H and O–H groups in total. The molecule has 0 rings (SSSR count). The van der Waals surface area contributed by atoms with Crippen LogP contribution in [0.3, 0.4) is 0 Å². The molecule has 0 fully saturated rings. The van der Waals surface area contributed by atoms with Gasteiger partial charge in [0.1, 0.15) is 0 Å². The summed E-state index contributed by atoms with van der Waals surface area (Å²) in [7, 11) is 1.72. The third kappa shape index (κ3) is 13.4. The Balaban J connectivity index is 2.85. The molecule has 4 heteroatoms. The standard InChI is InChI=1S/C12H23O4/c1-14-8-4-2-5-9-15-10-6-3-7-11-16-12-13/h2-11H2,1H3. The lowest BCUT2D eigenvalue weighted by Crippen LogP contribution is -1.99. The van der Waals surface area contributed by atoms with Crippen LogP contribution in [0, 0.1) is 0 Å². The van der Waals surface area contributed by atoms with Crippen molar-refractivity contribution in [2.24, 2.45) is 0 Å². The highest BCUT2D eigenvalue weighted by Crippen LogP contribution is 1.99. The van der Waals surface area contributed by atoms with Crippen molar-refractivity contribution < 1.29 is 19.0 Å². The van der Waals surface area contributed by atoms with Gasteiger partial charge in [0.25, 0.3) is 0 Å². The van der Waals surface area contributed by atoms with Gasteiger partial charge in [0.15, 0.2) is 0 Å². The number of ether oxygens (including phenoxy) is 3. The zero-order valence-corrected chi connectivity index (χ0v) is 10.2. The molecule has 0 unspecified atom stereocenters. The van der Waals surface area contributed by atoms with Gasteiger partial charge in [0.05, 0.1) is 6.61 Å². The summed E-state index contributed by atoms with van der Waals surface area (Å²) in [6.45, 7) is 4.36. The average molecular weight is 231 g/mol. The van der Waals surface area contributed by atoms with E-state index in [-0.39, 0.29) is 0 Å². The van der Waals surface area contributed by atoms with Crippen LogP contribution in [-0.2, 0) is 19.0 Å². The Labute approximate surface area is 98.3 Å². The molecular formula is C12H23O4. The first-order chi connectivity index (χ1) is 7.91. The topological polar surface area (TPSA) is 44.8 Å². The molecule has 0 bridgehead atoms. The van der Waals surface area contributed by atoms with Crippen molar-refractivity contribution in [2.75, 3.05) is 33.5 Å². The first-order valence-corrected chi connectivity index (χ1v) is 5.97. The molecular weight excluding hydrogens is 208 g/mol. The summed E-state index contributed by atoms with van der Waals surface area (Å²) in [5.74, 6) is 0. The van der Waals surface area contributed by atoms with Crippen LogP contribution in [0.1, 0.15) is 38.5 Å². The molecule has 0 heterocycles. The van der Waals surface area contributed by atoms with Crippen LogP contribution < -0.4 is 0 Å². The zero-order valence-electron chi connectivity index (χ0n) is 10.2. The molecule has 0 aliphatic carbocycles. The lowest BCUT2D eigenvalue weighted by atomic mass is 10.2. The van der Waals surface area contributed by atoms with Gasteiger partial charge in [-0.05, 0) is 38.5 Å². The molecule has 0 aliphatic heterocycles. The normalized spacial score (nSPS) is 10.3. The van der Waals surface area contributed by atoms with Gasteiger partial charge in [-0.2, -0.15) is 0 Å². The fraction of sp³-hybridized carbons (Fsp3) is 0.917. The third-order valence-electron chi connectivity index (χ3n) is 2.23. The molecule has 0 aromatic carbocycles. The molecule has 16 heavy (non-hydrogen) atoms. The van der Waals surface area contributed by atoms with E-state index in [0.29, 0.717) is 6.61 Å². The number of methoxy groups -OCH3 is 1. The SMILES string of the molecule is COCCCCCOCCCCCO[C]=O. The number of hydrogen-bond donors (Lipinski definition) is 0. The van der Waals surface area contributed by atoms with Crippen LogP contribution in [0.2, 0.25) is 0 Å². The molecule has 0 aliphatic rings. The first-order valence-electron chi connectivity index (χ1n) is 5.97. The van der Waals surface area contributed by atoms with E-state index in [2.05, 4.69) is 4.74 Å². The van der Waals surface area contributed by atoms with Crippen molar-refractivity contribution >= 4 is 6.47 Å². The van der Waals surface area contributed by atoms with Gasteiger partial charge in [-0.25, -0.2) is 4.79 Å². The van der Waals surface area contributed by atoms with E-state index in [1.807, 2.05) is 0 Å². The minimum atomic E-state index is 0.473. The predicted octanol–water partition coefficient (Wildman–Crippen LogP) is 2.07. The molecule has 0 amide bonds. The van der Waals surface area contributed by atoms with Crippen molar-refractivity contribution in [3.05, 3.63) is 0 Å². The van der Waals surface area contributed by atoms with Crippen LogP contribution in [0.4, 0.5) is 0 Å². The summed E-state index contributed by atoms with van der Waals surface area (Å²) in [6.07, 6.45) is 6.33. The van der Waals surface area contributed by atoms with Gasteiger partial charge in [-0.1, -0.05) is 0 Å². The quantitative estimate of drug-likeness (QED) is 0.455. The highest BCUT2D eigenvalue weighted by molar-refractivity contribution is 5.37. The second-order valence-corrected chi connectivity index (χ2v) is 3.66. The van der Waals surface area contributed by atoms with Gasteiger partial charge in [-0.15, -0.1) is 0 Å². The molecule has 0 spiro atoms. The highest BCUT2D eigenvalue weighted by Gasteiger charge is 1.92. The Kier molecular flexibility index (Phi) is 13.8. The summed E-state index contributed by atoms with van der Waals surface area (Å²) in [5, 5.41) is 0. The summed E-state index contributed by atoms with van der Waals surface area (Å²) in [4.78, 5) is 9.71. The van der Waals surface area contributed by atoms with E-state index in [1.165, 1.54) is 6.47 Å². The van der Waals surface area contributed by atoms with E-state index in [9.17, 15) is 4.79 Å². The monoisotopic (exact) mass is 231 g/mol. The van der Waals surface area contributed by atoms with Crippen LogP contribution in [0.25, 0.3) is 0 Å². The molecule has 0 saturated carbocycles. The summed E-state index contributed by atoms with van der Waals surface area (Å²) >= 11 is 0. The Morgan fingerprint density at radius 3 is 1.94 bits per heavy atom. The third-order valence-corrected chi connectivity index (χ3v) is 2.23. The maximum Gasteiger partial charge on any atom is 0.417 e. The average Bonchev–Trinajstić information content (AvgIpc) is 2.31. The molecule has 1 radical (unpaired) electrons. The molecule has 0 saturated heterocycles. The lowest BCUT2D eigenvalue weighted by molar-refractivity contribution is 0.121. The van der Waals surface area contributed by atoms with Crippen molar-refractivity contribution in [1.29, 1.82) is 0 Å². The maximum atomic E-state index is 9.71. The first kappa shape index (κ1) is 15.4. The molecule has 0 atom stereocenters. The van der Waals surface area contributed by atoms with E-state index < -0.39 is 0 Å². The van der Waals surface area contributed by atoms with Gasteiger partial charge in [0.2, 0.25) is 0 Å². The second kappa shape index (κ2) is 14.4. The van der Waals surface area contributed by atoms with Gasteiger partial charge >= 0.3 is 6.47 Å². The Morgan fingerprint density at radius 1 is 0.812 bits per heavy atom. The maximum absolute atomic E-state index is 9.71. The smallest absolute Gasteiger partial charge is 0.417 e. The molecule has 4 nitrogen and oxygen atoms in total. The summed E-state index contributed by atoms with van der Waals surface area (Å²) in [6, 6.07) is 0. The molecule has 0 aromatic heterocycles. The zero-order chi connectivity index (χ0) is 11.9. The van der Waals surface area contributed by atoms with Crippen molar-refractivity contribution in [1.82, 2.24) is 0 Å². The number of rotatable bonds is 13. The minimum Gasteiger partial charge on any atom is -0.457 e. The Hall–Kier alpha value is -0.610. The van der Waals surface area contributed by atoms with E-state index in [1.54, 1.807) is 7.11 Å². The number of carbonyl (C=O) groups excluding carboxylic acids is 1. The van der Waals surface area contributed by atoms with Crippen molar-refractivity contribution in [3.63, 3.8) is 0 Å². The summed E-state index contributed by atoms with van der Waals surface area (Å²) < 4.78 is 14.9. The predicted molar refractivity (Wildman–Crippen MR) is 62.0 cm³/mol. The minimum absolute atomic E-state index is 0.473. The van der Waals surface area contributed by atoms with Crippen LogP contribution in [-0.4, -0.2) is 40.0 Å². The van der Waals surface area contributed by atoms with E-state index in [4.69, 9.17) is 9.47 Å². The number of hydrogen-bond acceptors (Lipinski definition) is 4. The molecule has 95 valence electrons. The van der Waals surface area contributed by atoms with E-state index in [0.717, 1.165) is 58.3 Å². The highest BCUT2D eigenvalue weighted by atomic mass is 16.5. The van der Waals surface area contributed by atoms with Crippen molar-refractivity contribution in [3.8, 4) is 0 Å². The lowest BCUT2D eigenvalue weighted by Gasteiger charge is -2.04. The van der Waals surface area contributed by atoms with E-state index >= 15 is 0 Å². The number of unbranched alkanes of at least 4 members (excludes halogenated alkanes) is 4. The van der Waals surface area contributed by atoms with Gasteiger partial charge in [0, 0.05) is 26.9 Å². The van der Waals surface area contributed by atoms with Crippen LogP contribution in [0.5, 0.6) is 0 Å². The van der Waals surface area contributed by atoms with Crippen LogP contribution in [0.15, 0.2) is 0 Å². The Morgan fingerprint density at radius 2 is 1.38 bits per heavy atom. The second-order valence-electron chi connectivity index (χ2n) is 3.66.